The highest BCUT2D eigenvalue weighted by Gasteiger charge is 2.14. The van der Waals surface area contributed by atoms with Crippen LogP contribution in [0.4, 0.5) is 0 Å². The zero-order chi connectivity index (χ0) is 13.9. The number of hydrogen-bond donors (Lipinski definition) is 1. The van der Waals surface area contributed by atoms with Gasteiger partial charge < -0.3 is 10.5 Å². The van der Waals surface area contributed by atoms with E-state index in [0.29, 0.717) is 6.54 Å². The number of benzene rings is 2. The molecule has 2 N–H and O–H groups in total. The minimum Gasteiger partial charge on any atom is -0.484 e. The predicted octanol–water partition coefficient (Wildman–Crippen LogP) is 2.65. The van der Waals surface area contributed by atoms with Gasteiger partial charge in [-0.2, -0.15) is 5.10 Å². The topological polar surface area (TPSA) is 53.1 Å². The van der Waals surface area contributed by atoms with E-state index in [4.69, 9.17) is 10.5 Å². The van der Waals surface area contributed by atoms with Crippen LogP contribution in [0.3, 0.4) is 0 Å². The van der Waals surface area contributed by atoms with Crippen molar-refractivity contribution in [2.45, 2.75) is 6.10 Å². The van der Waals surface area contributed by atoms with Crippen molar-refractivity contribution in [2.24, 2.45) is 12.8 Å². The van der Waals surface area contributed by atoms with Crippen molar-refractivity contribution in [1.82, 2.24) is 9.78 Å². The van der Waals surface area contributed by atoms with Gasteiger partial charge in [-0.15, -0.1) is 0 Å². The molecule has 2 aromatic carbocycles. The fourth-order valence-electron chi connectivity index (χ4n) is 2.31. The third-order valence-corrected chi connectivity index (χ3v) is 3.33. The van der Waals surface area contributed by atoms with Gasteiger partial charge in [0.15, 0.2) is 0 Å². The van der Waals surface area contributed by atoms with E-state index in [2.05, 4.69) is 23.3 Å². The quantitative estimate of drug-likeness (QED) is 0.790. The third-order valence-electron chi connectivity index (χ3n) is 3.33. The van der Waals surface area contributed by atoms with E-state index < -0.39 is 0 Å². The Labute approximate surface area is 117 Å². The van der Waals surface area contributed by atoms with Gasteiger partial charge >= 0.3 is 0 Å². The van der Waals surface area contributed by atoms with Crippen molar-refractivity contribution in [2.75, 3.05) is 6.54 Å². The molecule has 0 amide bonds. The summed E-state index contributed by atoms with van der Waals surface area (Å²) in [6.07, 6.45) is 3.54. The first-order valence-electron chi connectivity index (χ1n) is 6.61. The number of ether oxygens (including phenoxy) is 1. The summed E-state index contributed by atoms with van der Waals surface area (Å²) in [4.78, 5) is 0. The van der Waals surface area contributed by atoms with Gasteiger partial charge in [0, 0.05) is 30.7 Å². The minimum atomic E-state index is -0.186. The van der Waals surface area contributed by atoms with Crippen LogP contribution in [0.15, 0.2) is 54.9 Å². The summed E-state index contributed by atoms with van der Waals surface area (Å²) in [7, 11) is 1.88. The van der Waals surface area contributed by atoms with Gasteiger partial charge in [-0.25, -0.2) is 0 Å². The summed E-state index contributed by atoms with van der Waals surface area (Å²) in [6, 6.07) is 14.2. The maximum absolute atomic E-state index is 6.10. The first-order valence-corrected chi connectivity index (χ1v) is 6.61. The molecule has 20 heavy (non-hydrogen) atoms. The van der Waals surface area contributed by atoms with E-state index in [-0.39, 0.29) is 6.10 Å². The van der Waals surface area contributed by atoms with Crippen LogP contribution in [-0.2, 0) is 7.05 Å². The first kappa shape index (κ1) is 12.7. The molecule has 3 aromatic rings. The maximum atomic E-state index is 6.10. The molecule has 1 unspecified atom stereocenters. The second kappa shape index (κ2) is 5.35. The Morgan fingerprint density at radius 3 is 2.75 bits per heavy atom. The standard InChI is InChI=1S/C16H17N3O/c1-19-11-13(10-18-19)16(9-17)20-15-8-4-6-12-5-2-3-7-14(12)15/h2-8,10-11,16H,9,17H2,1H3. The molecule has 4 heteroatoms. The number of fused-ring (bicyclic) bond motifs is 1. The first-order chi connectivity index (χ1) is 9.78. The van der Waals surface area contributed by atoms with Gasteiger partial charge in [0.2, 0.25) is 0 Å². The molecule has 0 bridgehead atoms. The third kappa shape index (κ3) is 2.38. The van der Waals surface area contributed by atoms with Crippen LogP contribution in [0.5, 0.6) is 5.75 Å². The zero-order valence-electron chi connectivity index (χ0n) is 11.4. The second-order valence-corrected chi connectivity index (χ2v) is 4.77. The Morgan fingerprint density at radius 1 is 1.20 bits per heavy atom. The van der Waals surface area contributed by atoms with E-state index in [9.17, 15) is 0 Å². The van der Waals surface area contributed by atoms with Gasteiger partial charge in [-0.1, -0.05) is 36.4 Å². The average molecular weight is 267 g/mol. The van der Waals surface area contributed by atoms with Gasteiger partial charge in [-0.3, -0.25) is 4.68 Å². The van der Waals surface area contributed by atoms with Crippen LogP contribution >= 0.6 is 0 Å². The number of nitrogens with zero attached hydrogens (tertiary/aromatic N) is 2. The summed E-state index contributed by atoms with van der Waals surface area (Å²) in [5, 5.41) is 6.42. The van der Waals surface area contributed by atoms with E-state index in [1.165, 1.54) is 0 Å². The lowest BCUT2D eigenvalue weighted by atomic mass is 10.1. The summed E-state index contributed by atoms with van der Waals surface area (Å²) >= 11 is 0. The molecule has 0 saturated carbocycles. The fourth-order valence-corrected chi connectivity index (χ4v) is 2.31. The van der Waals surface area contributed by atoms with Crippen molar-refractivity contribution in [3.63, 3.8) is 0 Å². The lowest BCUT2D eigenvalue weighted by Gasteiger charge is -2.17. The zero-order valence-corrected chi connectivity index (χ0v) is 11.4. The van der Waals surface area contributed by atoms with Gasteiger partial charge in [0.05, 0.1) is 6.20 Å². The Morgan fingerprint density at radius 2 is 2.00 bits per heavy atom. The van der Waals surface area contributed by atoms with Gasteiger partial charge in [-0.05, 0) is 11.5 Å². The molecular weight excluding hydrogens is 250 g/mol. The minimum absolute atomic E-state index is 0.186. The van der Waals surface area contributed by atoms with Crippen molar-refractivity contribution in [3.05, 3.63) is 60.4 Å². The Kier molecular flexibility index (Phi) is 3.39. The molecule has 0 radical (unpaired) electrons. The molecule has 102 valence electrons. The molecule has 0 saturated heterocycles. The van der Waals surface area contributed by atoms with Crippen LogP contribution in [0, 0.1) is 0 Å². The smallest absolute Gasteiger partial charge is 0.139 e. The predicted molar refractivity (Wildman–Crippen MR) is 79.6 cm³/mol. The highest BCUT2D eigenvalue weighted by atomic mass is 16.5. The average Bonchev–Trinajstić information content (AvgIpc) is 2.91. The number of hydrogen-bond acceptors (Lipinski definition) is 3. The van der Waals surface area contributed by atoms with E-state index in [1.54, 1.807) is 10.9 Å². The van der Waals surface area contributed by atoms with E-state index in [0.717, 1.165) is 22.1 Å². The maximum Gasteiger partial charge on any atom is 0.139 e. The van der Waals surface area contributed by atoms with Crippen LogP contribution in [0.25, 0.3) is 10.8 Å². The largest absolute Gasteiger partial charge is 0.484 e. The highest BCUT2D eigenvalue weighted by Crippen LogP contribution is 2.29. The molecule has 1 aromatic heterocycles. The molecule has 4 nitrogen and oxygen atoms in total. The van der Waals surface area contributed by atoms with Crippen LogP contribution < -0.4 is 10.5 Å². The molecule has 0 spiro atoms. The van der Waals surface area contributed by atoms with E-state index >= 15 is 0 Å². The SMILES string of the molecule is Cn1cc(C(CN)Oc2cccc3ccccc23)cn1. The molecular formula is C16H17N3O. The van der Waals surface area contributed by atoms with Crippen LogP contribution in [-0.4, -0.2) is 16.3 Å². The van der Waals surface area contributed by atoms with Crippen LogP contribution in [0.2, 0.25) is 0 Å². The lowest BCUT2D eigenvalue weighted by Crippen LogP contribution is -2.18. The van der Waals surface area contributed by atoms with Crippen LogP contribution in [0.1, 0.15) is 11.7 Å². The molecule has 0 fully saturated rings. The second-order valence-electron chi connectivity index (χ2n) is 4.77. The number of aryl methyl sites for hydroxylation is 1. The van der Waals surface area contributed by atoms with Crippen molar-refractivity contribution in [3.8, 4) is 5.75 Å². The summed E-state index contributed by atoms with van der Waals surface area (Å²) in [6.45, 7) is 0.412. The van der Waals surface area contributed by atoms with Crippen molar-refractivity contribution in [1.29, 1.82) is 0 Å². The van der Waals surface area contributed by atoms with E-state index in [1.807, 2.05) is 37.5 Å². The Hall–Kier alpha value is -2.33. The molecule has 1 heterocycles. The Bertz CT molecular complexity index is 715. The van der Waals surface area contributed by atoms with Gasteiger partial charge in [0.25, 0.3) is 0 Å². The molecule has 0 aliphatic rings. The number of rotatable bonds is 4. The molecule has 0 aliphatic carbocycles. The fraction of sp³-hybridized carbons (Fsp3) is 0.188. The number of nitrogens with two attached hydrogens (primary N) is 1. The van der Waals surface area contributed by atoms with Crippen molar-refractivity contribution >= 4 is 10.8 Å². The Balaban J connectivity index is 1.95. The lowest BCUT2D eigenvalue weighted by molar-refractivity contribution is 0.217. The monoisotopic (exact) mass is 267 g/mol. The molecule has 3 rings (SSSR count). The van der Waals surface area contributed by atoms with Gasteiger partial charge in [0.1, 0.15) is 11.9 Å². The normalized spacial score (nSPS) is 12.5. The summed E-state index contributed by atoms with van der Waals surface area (Å²) in [5.41, 5.74) is 6.83. The number of aromatic nitrogens is 2. The highest BCUT2D eigenvalue weighted by molar-refractivity contribution is 5.88. The molecule has 0 aliphatic heterocycles. The summed E-state index contributed by atoms with van der Waals surface area (Å²) in [5.74, 6) is 0.849. The summed E-state index contributed by atoms with van der Waals surface area (Å²) < 4.78 is 7.85. The molecule has 1 atom stereocenters. The van der Waals surface area contributed by atoms with Crippen molar-refractivity contribution < 1.29 is 4.74 Å².